The molecule has 0 fully saturated rings. The van der Waals surface area contributed by atoms with Crippen molar-refractivity contribution in [2.75, 3.05) is 26.0 Å². The first kappa shape index (κ1) is 14.8. The van der Waals surface area contributed by atoms with Crippen LogP contribution in [-0.2, 0) is 4.74 Å². The van der Waals surface area contributed by atoms with Crippen LogP contribution in [0.5, 0.6) is 0 Å². The molecule has 0 saturated carbocycles. The lowest BCUT2D eigenvalue weighted by Crippen LogP contribution is -2.26. The van der Waals surface area contributed by atoms with Gasteiger partial charge in [0.05, 0.1) is 10.5 Å². The van der Waals surface area contributed by atoms with Gasteiger partial charge >= 0.3 is 0 Å². The van der Waals surface area contributed by atoms with E-state index in [-0.39, 0.29) is 17.1 Å². The Balaban J connectivity index is 2.61. The summed E-state index contributed by atoms with van der Waals surface area (Å²) < 4.78 is 4.88. The normalized spacial score (nSPS) is 10.2. The summed E-state index contributed by atoms with van der Waals surface area (Å²) in [5.41, 5.74) is 5.28. The highest BCUT2D eigenvalue weighted by Gasteiger charge is 2.16. The lowest BCUT2D eigenvalue weighted by molar-refractivity contribution is -0.385. The van der Waals surface area contributed by atoms with E-state index >= 15 is 0 Å². The molecule has 0 aromatic carbocycles. The number of amides is 1. The number of nitrogens with two attached hydrogens (primary N) is 1. The van der Waals surface area contributed by atoms with Gasteiger partial charge in [-0.25, -0.2) is 4.98 Å². The minimum Gasteiger partial charge on any atom is -0.385 e. The molecule has 104 valence electrons. The number of nitrogens with one attached hydrogen (secondary N) is 1. The number of unbranched alkanes of at least 4 members (excludes halogenated alkanes) is 1. The number of aromatic nitrogens is 1. The molecule has 1 amide bonds. The second kappa shape index (κ2) is 7.27. The second-order valence-electron chi connectivity index (χ2n) is 3.84. The van der Waals surface area contributed by atoms with Gasteiger partial charge in [-0.3, -0.25) is 14.9 Å². The maximum atomic E-state index is 11.8. The van der Waals surface area contributed by atoms with Crippen LogP contribution in [-0.4, -0.2) is 36.1 Å². The van der Waals surface area contributed by atoms with Crippen LogP contribution in [0.15, 0.2) is 12.3 Å². The number of carbonyl (C=O) groups excluding carboxylic acids is 1. The molecule has 1 heterocycles. The first-order chi connectivity index (χ1) is 9.06. The molecule has 1 rings (SSSR count). The number of anilines is 1. The number of nitrogen functional groups attached to an aromatic ring is 1. The number of methoxy groups -OCH3 is 1. The van der Waals surface area contributed by atoms with Crippen LogP contribution in [0.1, 0.15) is 23.2 Å². The summed E-state index contributed by atoms with van der Waals surface area (Å²) >= 11 is 0. The second-order valence-corrected chi connectivity index (χ2v) is 3.84. The van der Waals surface area contributed by atoms with Crippen molar-refractivity contribution >= 4 is 17.4 Å². The van der Waals surface area contributed by atoms with Crippen molar-refractivity contribution < 1.29 is 14.5 Å². The molecule has 3 N–H and O–H groups in total. The Hall–Kier alpha value is -2.22. The number of hydrogen-bond donors (Lipinski definition) is 2. The van der Waals surface area contributed by atoms with Crippen LogP contribution in [0.25, 0.3) is 0 Å². The van der Waals surface area contributed by atoms with E-state index in [0.717, 1.165) is 25.1 Å². The van der Waals surface area contributed by atoms with Gasteiger partial charge in [-0.15, -0.1) is 0 Å². The molecule has 19 heavy (non-hydrogen) atoms. The number of ether oxygens (including phenoxy) is 1. The molecule has 0 bridgehead atoms. The van der Waals surface area contributed by atoms with Crippen molar-refractivity contribution in [3.05, 3.63) is 27.9 Å². The van der Waals surface area contributed by atoms with Gasteiger partial charge in [0.2, 0.25) is 0 Å². The molecule has 0 atom stereocenters. The molecule has 0 radical (unpaired) electrons. The third kappa shape index (κ3) is 4.51. The molecule has 0 saturated heterocycles. The Kier molecular flexibility index (Phi) is 5.68. The Bertz CT molecular complexity index is 464. The highest BCUT2D eigenvalue weighted by atomic mass is 16.6. The van der Waals surface area contributed by atoms with Gasteiger partial charge in [0.15, 0.2) is 0 Å². The highest BCUT2D eigenvalue weighted by molar-refractivity contribution is 5.98. The van der Waals surface area contributed by atoms with Crippen molar-refractivity contribution in [2.24, 2.45) is 0 Å². The standard InChI is InChI=1S/C11H16N4O4/c1-19-5-3-2-4-13-11(16)9-6-8(15(17)18)7-14-10(9)12/h6-7H,2-5H2,1H3,(H2,12,14)(H,13,16). The van der Waals surface area contributed by atoms with Crippen LogP contribution in [0.4, 0.5) is 11.5 Å². The fourth-order valence-corrected chi connectivity index (χ4v) is 1.41. The van der Waals surface area contributed by atoms with Crippen molar-refractivity contribution in [1.82, 2.24) is 10.3 Å². The molecule has 8 nitrogen and oxygen atoms in total. The van der Waals surface area contributed by atoms with Crippen LogP contribution < -0.4 is 11.1 Å². The number of nitro groups is 1. The summed E-state index contributed by atoms with van der Waals surface area (Å²) in [6.45, 7) is 1.07. The van der Waals surface area contributed by atoms with Crippen LogP contribution in [0.2, 0.25) is 0 Å². The van der Waals surface area contributed by atoms with Gasteiger partial charge in [-0.2, -0.15) is 0 Å². The molecule has 0 aliphatic heterocycles. The summed E-state index contributed by atoms with van der Waals surface area (Å²) in [6.07, 6.45) is 2.59. The molecule has 0 aliphatic rings. The fraction of sp³-hybridized carbons (Fsp3) is 0.455. The Morgan fingerprint density at radius 1 is 1.58 bits per heavy atom. The molecule has 1 aromatic rings. The Morgan fingerprint density at radius 2 is 2.32 bits per heavy atom. The number of rotatable bonds is 7. The van der Waals surface area contributed by atoms with E-state index in [0.29, 0.717) is 13.2 Å². The third-order valence-corrected chi connectivity index (χ3v) is 2.42. The maximum absolute atomic E-state index is 11.8. The summed E-state index contributed by atoms with van der Waals surface area (Å²) in [6, 6.07) is 1.12. The highest BCUT2D eigenvalue weighted by Crippen LogP contribution is 2.16. The minimum absolute atomic E-state index is 0.0148. The van der Waals surface area contributed by atoms with Crippen LogP contribution >= 0.6 is 0 Å². The molecule has 1 aromatic heterocycles. The number of pyridine rings is 1. The molecule has 0 unspecified atom stereocenters. The average molecular weight is 268 g/mol. The van der Waals surface area contributed by atoms with Crippen LogP contribution in [0, 0.1) is 10.1 Å². The van der Waals surface area contributed by atoms with E-state index in [1.807, 2.05) is 0 Å². The molecule has 0 aliphatic carbocycles. The molecular formula is C11H16N4O4. The molecular weight excluding hydrogens is 252 g/mol. The van der Waals surface area contributed by atoms with Gasteiger partial charge in [0, 0.05) is 26.3 Å². The average Bonchev–Trinajstić information content (AvgIpc) is 2.38. The van der Waals surface area contributed by atoms with Gasteiger partial charge in [0.25, 0.3) is 11.6 Å². The summed E-state index contributed by atoms with van der Waals surface area (Å²) in [4.78, 5) is 25.4. The third-order valence-electron chi connectivity index (χ3n) is 2.42. The number of hydrogen-bond acceptors (Lipinski definition) is 6. The SMILES string of the molecule is COCCCCNC(=O)c1cc([N+](=O)[O-])cnc1N. The predicted molar refractivity (Wildman–Crippen MR) is 68.7 cm³/mol. The van der Waals surface area contributed by atoms with Gasteiger partial charge < -0.3 is 15.8 Å². The van der Waals surface area contributed by atoms with Gasteiger partial charge in [0.1, 0.15) is 12.0 Å². The largest absolute Gasteiger partial charge is 0.385 e. The van der Waals surface area contributed by atoms with E-state index in [1.165, 1.54) is 0 Å². The van der Waals surface area contributed by atoms with Gasteiger partial charge in [-0.1, -0.05) is 0 Å². The van der Waals surface area contributed by atoms with Gasteiger partial charge in [-0.05, 0) is 12.8 Å². The number of nitrogens with zero attached hydrogens (tertiary/aromatic N) is 2. The Labute approximate surface area is 110 Å². The minimum atomic E-state index is -0.623. The van der Waals surface area contributed by atoms with E-state index < -0.39 is 10.8 Å². The van der Waals surface area contributed by atoms with Crippen molar-refractivity contribution in [1.29, 1.82) is 0 Å². The zero-order valence-electron chi connectivity index (χ0n) is 10.6. The quantitative estimate of drug-likeness (QED) is 0.427. The zero-order valence-corrected chi connectivity index (χ0v) is 10.6. The van der Waals surface area contributed by atoms with E-state index in [9.17, 15) is 14.9 Å². The summed E-state index contributed by atoms with van der Waals surface area (Å²) in [5.74, 6) is -0.494. The Morgan fingerprint density at radius 3 is 2.95 bits per heavy atom. The van der Waals surface area contributed by atoms with Crippen molar-refractivity contribution in [3.8, 4) is 0 Å². The number of carbonyl (C=O) groups is 1. The van der Waals surface area contributed by atoms with Crippen LogP contribution in [0.3, 0.4) is 0 Å². The molecule has 8 heteroatoms. The molecule has 0 spiro atoms. The first-order valence-electron chi connectivity index (χ1n) is 5.73. The lowest BCUT2D eigenvalue weighted by atomic mass is 10.2. The summed E-state index contributed by atoms with van der Waals surface area (Å²) in [5, 5.41) is 13.2. The van der Waals surface area contributed by atoms with Crippen molar-refractivity contribution in [3.63, 3.8) is 0 Å². The van der Waals surface area contributed by atoms with E-state index in [4.69, 9.17) is 10.5 Å². The summed E-state index contributed by atoms with van der Waals surface area (Å²) in [7, 11) is 1.61. The first-order valence-corrected chi connectivity index (χ1v) is 5.73. The topological polar surface area (TPSA) is 120 Å². The van der Waals surface area contributed by atoms with E-state index in [2.05, 4.69) is 10.3 Å². The predicted octanol–water partition coefficient (Wildman–Crippen LogP) is 0.728. The van der Waals surface area contributed by atoms with E-state index in [1.54, 1.807) is 7.11 Å². The van der Waals surface area contributed by atoms with Crippen molar-refractivity contribution in [2.45, 2.75) is 12.8 Å². The smallest absolute Gasteiger partial charge is 0.288 e. The zero-order chi connectivity index (χ0) is 14.3. The fourth-order valence-electron chi connectivity index (χ4n) is 1.41. The monoisotopic (exact) mass is 268 g/mol. The maximum Gasteiger partial charge on any atom is 0.288 e. The lowest BCUT2D eigenvalue weighted by Gasteiger charge is -2.06.